The Morgan fingerprint density at radius 3 is 2.87 bits per heavy atom. The van der Waals surface area contributed by atoms with Crippen molar-refractivity contribution in [2.75, 3.05) is 11.9 Å². The lowest BCUT2D eigenvalue weighted by Crippen LogP contribution is -2.54. The molecule has 1 aliphatic carbocycles. The van der Waals surface area contributed by atoms with Crippen LogP contribution < -0.4 is 10.6 Å². The number of rotatable bonds is 5. The highest BCUT2D eigenvalue weighted by Crippen LogP contribution is 2.38. The molecule has 1 spiro atoms. The summed E-state index contributed by atoms with van der Waals surface area (Å²) >= 11 is 0. The van der Waals surface area contributed by atoms with Crippen molar-refractivity contribution in [3.8, 4) is 6.07 Å². The van der Waals surface area contributed by atoms with Crippen LogP contribution in [0.4, 0.5) is 10.5 Å². The summed E-state index contributed by atoms with van der Waals surface area (Å²) < 4.78 is 5.11. The molecule has 30 heavy (non-hydrogen) atoms. The number of imide groups is 1. The predicted molar refractivity (Wildman–Crippen MR) is 106 cm³/mol. The summed E-state index contributed by atoms with van der Waals surface area (Å²) in [5.74, 6) is -1.87. The highest BCUT2D eigenvalue weighted by molar-refractivity contribution is 6.09. The van der Waals surface area contributed by atoms with E-state index in [9.17, 15) is 19.2 Å². The van der Waals surface area contributed by atoms with Crippen LogP contribution in [0.15, 0.2) is 24.3 Å². The van der Waals surface area contributed by atoms with Crippen LogP contribution in [-0.2, 0) is 19.1 Å². The number of hydrogen-bond donors (Lipinski definition) is 2. The van der Waals surface area contributed by atoms with Gasteiger partial charge in [0.15, 0.2) is 6.10 Å². The van der Waals surface area contributed by atoms with Gasteiger partial charge in [0.2, 0.25) is 0 Å². The number of ether oxygens (including phenoxy) is 1. The maximum Gasteiger partial charge on any atom is 0.327 e. The van der Waals surface area contributed by atoms with E-state index in [-0.39, 0.29) is 5.92 Å². The normalized spacial score (nSPS) is 24.2. The number of nitrogens with one attached hydrogen (secondary N) is 2. The molecule has 2 aliphatic rings. The maximum atomic E-state index is 12.9. The van der Waals surface area contributed by atoms with E-state index in [2.05, 4.69) is 10.6 Å². The van der Waals surface area contributed by atoms with Gasteiger partial charge >= 0.3 is 12.0 Å². The van der Waals surface area contributed by atoms with Crippen LogP contribution in [-0.4, -0.2) is 46.9 Å². The van der Waals surface area contributed by atoms with E-state index in [1.54, 1.807) is 18.2 Å². The fourth-order valence-corrected chi connectivity index (χ4v) is 3.97. The third kappa shape index (κ3) is 4.13. The molecule has 1 saturated heterocycles. The third-order valence-corrected chi connectivity index (χ3v) is 5.73. The molecule has 3 atom stereocenters. The van der Waals surface area contributed by atoms with Crippen molar-refractivity contribution in [2.24, 2.45) is 5.92 Å². The van der Waals surface area contributed by atoms with Crippen LogP contribution in [0.2, 0.25) is 0 Å². The summed E-state index contributed by atoms with van der Waals surface area (Å²) in [4.78, 5) is 50.7. The number of benzene rings is 1. The summed E-state index contributed by atoms with van der Waals surface area (Å²) in [7, 11) is 0. The SMILES string of the molecule is C[C@H](OC(=O)CN1C(=O)N[C@@]2(CCCC[C@@H]2C)C1=O)C(=O)Nc1cccc(C#N)c1. The summed E-state index contributed by atoms with van der Waals surface area (Å²) in [5.41, 5.74) is -0.184. The number of carbonyl (C=O) groups excluding carboxylic acids is 4. The molecule has 1 aromatic carbocycles. The Bertz CT molecular complexity index is 924. The Balaban J connectivity index is 1.58. The first kappa shape index (κ1) is 21.3. The molecule has 1 heterocycles. The van der Waals surface area contributed by atoms with E-state index < -0.39 is 42.0 Å². The molecule has 2 N–H and O–H groups in total. The minimum atomic E-state index is -1.15. The fourth-order valence-electron chi connectivity index (χ4n) is 3.97. The first-order valence-corrected chi connectivity index (χ1v) is 9.91. The number of carbonyl (C=O) groups is 4. The van der Waals surface area contributed by atoms with Crippen LogP contribution >= 0.6 is 0 Å². The van der Waals surface area contributed by atoms with Gasteiger partial charge in [0.05, 0.1) is 11.6 Å². The maximum absolute atomic E-state index is 12.9. The standard InChI is InChI=1S/C21H24N4O5/c1-13-6-3-4-9-21(13)19(28)25(20(29)24-21)12-17(26)30-14(2)18(27)23-16-8-5-7-15(10-16)11-22/h5,7-8,10,13-14H,3-4,6,9,12H2,1-2H3,(H,23,27)(H,24,29)/t13-,14-,21+/m0/s1. The van der Waals surface area contributed by atoms with Crippen LogP contribution in [0.25, 0.3) is 0 Å². The van der Waals surface area contributed by atoms with Crippen molar-refractivity contribution in [3.05, 3.63) is 29.8 Å². The zero-order valence-corrected chi connectivity index (χ0v) is 16.9. The summed E-state index contributed by atoms with van der Waals surface area (Å²) in [6.07, 6.45) is 2.06. The number of hydrogen-bond acceptors (Lipinski definition) is 6. The van der Waals surface area contributed by atoms with E-state index in [1.165, 1.54) is 13.0 Å². The van der Waals surface area contributed by atoms with Gasteiger partial charge in [-0.1, -0.05) is 25.8 Å². The average molecular weight is 412 g/mol. The number of urea groups is 1. The molecule has 0 radical (unpaired) electrons. The number of nitriles is 1. The first-order chi connectivity index (χ1) is 14.3. The van der Waals surface area contributed by atoms with Crippen molar-refractivity contribution >= 4 is 29.5 Å². The van der Waals surface area contributed by atoms with E-state index >= 15 is 0 Å². The van der Waals surface area contributed by atoms with Crippen LogP contribution in [0.3, 0.4) is 0 Å². The molecule has 9 nitrogen and oxygen atoms in total. The molecule has 0 aromatic heterocycles. The molecule has 0 bridgehead atoms. The van der Waals surface area contributed by atoms with Gasteiger partial charge in [-0.05, 0) is 43.9 Å². The lowest BCUT2D eigenvalue weighted by molar-refractivity contribution is -0.155. The minimum absolute atomic E-state index is 0.0161. The minimum Gasteiger partial charge on any atom is -0.451 e. The number of amides is 4. The van der Waals surface area contributed by atoms with Crippen LogP contribution in [0.1, 0.15) is 45.1 Å². The van der Waals surface area contributed by atoms with Gasteiger partial charge in [0, 0.05) is 5.69 Å². The Kier molecular flexibility index (Phi) is 6.06. The Labute approximate surface area is 174 Å². The number of anilines is 1. The lowest BCUT2D eigenvalue weighted by atomic mass is 9.73. The molecule has 3 rings (SSSR count). The second kappa shape index (κ2) is 8.53. The molecule has 2 fully saturated rings. The molecular formula is C21H24N4O5. The van der Waals surface area contributed by atoms with Gasteiger partial charge in [-0.15, -0.1) is 0 Å². The smallest absolute Gasteiger partial charge is 0.327 e. The zero-order valence-electron chi connectivity index (χ0n) is 16.9. The molecule has 1 saturated carbocycles. The topological polar surface area (TPSA) is 129 Å². The lowest BCUT2D eigenvalue weighted by Gasteiger charge is -2.36. The Morgan fingerprint density at radius 1 is 1.40 bits per heavy atom. The average Bonchev–Trinajstić information content (AvgIpc) is 2.95. The van der Waals surface area contributed by atoms with Gasteiger partial charge in [0.1, 0.15) is 12.1 Å². The van der Waals surface area contributed by atoms with Crippen molar-refractivity contribution in [2.45, 2.75) is 51.2 Å². The van der Waals surface area contributed by atoms with Gasteiger partial charge in [0.25, 0.3) is 11.8 Å². The van der Waals surface area contributed by atoms with Crippen molar-refractivity contribution < 1.29 is 23.9 Å². The number of nitrogens with zero attached hydrogens (tertiary/aromatic N) is 2. The molecule has 9 heteroatoms. The highest BCUT2D eigenvalue weighted by Gasteiger charge is 2.55. The predicted octanol–water partition coefficient (Wildman–Crippen LogP) is 1.93. The second-order valence-corrected chi connectivity index (χ2v) is 7.75. The Hall–Kier alpha value is -3.41. The van der Waals surface area contributed by atoms with Crippen molar-refractivity contribution in [3.63, 3.8) is 0 Å². The quantitative estimate of drug-likeness (QED) is 0.562. The largest absolute Gasteiger partial charge is 0.451 e. The summed E-state index contributed by atoms with van der Waals surface area (Å²) in [6.45, 7) is 2.76. The van der Waals surface area contributed by atoms with Gasteiger partial charge in [-0.25, -0.2) is 4.79 Å². The van der Waals surface area contributed by atoms with Gasteiger partial charge < -0.3 is 15.4 Å². The van der Waals surface area contributed by atoms with Crippen molar-refractivity contribution in [1.82, 2.24) is 10.2 Å². The number of esters is 1. The molecule has 158 valence electrons. The fraction of sp³-hybridized carbons (Fsp3) is 0.476. The van der Waals surface area contributed by atoms with Gasteiger partial charge in [-0.3, -0.25) is 19.3 Å². The van der Waals surface area contributed by atoms with Gasteiger partial charge in [-0.2, -0.15) is 5.26 Å². The molecular weight excluding hydrogens is 388 g/mol. The van der Waals surface area contributed by atoms with Crippen LogP contribution in [0.5, 0.6) is 0 Å². The first-order valence-electron chi connectivity index (χ1n) is 9.91. The Morgan fingerprint density at radius 2 is 2.17 bits per heavy atom. The van der Waals surface area contributed by atoms with E-state index in [1.807, 2.05) is 13.0 Å². The van der Waals surface area contributed by atoms with Crippen molar-refractivity contribution in [1.29, 1.82) is 5.26 Å². The summed E-state index contributed by atoms with van der Waals surface area (Å²) in [5, 5.41) is 14.2. The van der Waals surface area contributed by atoms with E-state index in [4.69, 9.17) is 10.00 Å². The monoisotopic (exact) mass is 412 g/mol. The second-order valence-electron chi connectivity index (χ2n) is 7.75. The summed E-state index contributed by atoms with van der Waals surface area (Å²) in [6, 6.07) is 7.65. The van der Waals surface area contributed by atoms with E-state index in [0.717, 1.165) is 24.2 Å². The molecule has 1 aliphatic heterocycles. The third-order valence-electron chi connectivity index (χ3n) is 5.73. The molecule has 1 aromatic rings. The molecule has 0 unspecified atom stereocenters. The highest BCUT2D eigenvalue weighted by atomic mass is 16.5. The van der Waals surface area contributed by atoms with Crippen LogP contribution in [0, 0.1) is 17.2 Å². The molecule has 4 amide bonds. The van der Waals surface area contributed by atoms with E-state index in [0.29, 0.717) is 17.7 Å². The zero-order chi connectivity index (χ0) is 21.9.